The summed E-state index contributed by atoms with van der Waals surface area (Å²) in [5.74, 6) is 0.337. The van der Waals surface area contributed by atoms with Crippen molar-refractivity contribution in [2.24, 2.45) is 4.99 Å². The molecule has 0 saturated carbocycles. The van der Waals surface area contributed by atoms with Gasteiger partial charge >= 0.3 is 0 Å². The summed E-state index contributed by atoms with van der Waals surface area (Å²) < 4.78 is 2.39. The second-order valence-electron chi connectivity index (χ2n) is 18.1. The van der Waals surface area contributed by atoms with Gasteiger partial charge in [0.1, 0.15) is 0 Å². The zero-order valence-corrected chi connectivity index (χ0v) is 34.7. The molecule has 1 aliphatic heterocycles. The van der Waals surface area contributed by atoms with E-state index in [2.05, 4.69) is 213 Å². The zero-order chi connectivity index (χ0) is 40.3. The minimum atomic E-state index is -0.225. The first-order valence-corrected chi connectivity index (χ1v) is 21.5. The monoisotopic (exact) mass is 773 g/mol. The highest BCUT2D eigenvalue weighted by Gasteiger charge is 2.47. The van der Waals surface area contributed by atoms with Gasteiger partial charge in [0.05, 0.1) is 22.6 Å². The first-order chi connectivity index (χ1) is 29.3. The fourth-order valence-corrected chi connectivity index (χ4v) is 11.2. The topological polar surface area (TPSA) is 20.5 Å². The number of fused-ring (bicyclic) bond motifs is 12. The van der Waals surface area contributed by atoms with Crippen molar-refractivity contribution in [3.05, 3.63) is 203 Å². The third kappa shape index (κ3) is 5.02. The molecule has 0 saturated heterocycles. The summed E-state index contributed by atoms with van der Waals surface area (Å²) in [4.78, 5) is 7.59. The lowest BCUT2D eigenvalue weighted by molar-refractivity contribution is 0.114. The Labute approximate surface area is 352 Å². The Morgan fingerprint density at radius 3 is 2.00 bits per heavy atom. The van der Waals surface area contributed by atoms with E-state index in [0.29, 0.717) is 5.92 Å². The molecule has 1 aromatic heterocycles. The van der Waals surface area contributed by atoms with Crippen LogP contribution in [0, 0.1) is 0 Å². The standard InChI is InChI=1S/C57H47N3/c1-56(2)50-33-39(37-20-18-36(19-21-37)38-25-29-54-49(32-38)47-15-10-11-17-53(47)60(54)42-12-6-5-7-13-42)22-27-45(50)46-28-24-40(34-51(46)56)41-23-26-44-43-14-8-9-16-48(43)55-57(3,52(44)35-41)59(4)31-30-58-55/h5-18,20-30,32-36,55H,19,31H2,1-4H3. The molecule has 3 heteroatoms. The van der Waals surface area contributed by atoms with E-state index in [0.717, 1.165) is 13.0 Å². The van der Waals surface area contributed by atoms with Gasteiger partial charge in [-0.25, -0.2) is 0 Å². The van der Waals surface area contributed by atoms with Crippen LogP contribution in [-0.2, 0) is 11.0 Å². The number of allylic oxidation sites excluding steroid dienone is 4. The number of likely N-dealkylation sites (N-methyl/N-ethyl adjacent to an activating group) is 1. The van der Waals surface area contributed by atoms with Gasteiger partial charge in [0.15, 0.2) is 0 Å². The van der Waals surface area contributed by atoms with E-state index >= 15 is 0 Å². The highest BCUT2D eigenvalue weighted by molar-refractivity contribution is 6.09. The third-order valence-corrected chi connectivity index (χ3v) is 14.6. The first-order valence-electron chi connectivity index (χ1n) is 21.5. The number of hydrogen-bond donors (Lipinski definition) is 0. The lowest BCUT2D eigenvalue weighted by atomic mass is 9.69. The van der Waals surface area contributed by atoms with Gasteiger partial charge < -0.3 is 4.57 Å². The number of aliphatic imine (C=N–C) groups is 1. The molecular formula is C57H47N3. The van der Waals surface area contributed by atoms with Crippen LogP contribution in [0.15, 0.2) is 175 Å². The number of aromatic nitrogens is 1. The molecule has 0 N–H and O–H groups in total. The van der Waals surface area contributed by atoms with Crippen molar-refractivity contribution in [1.82, 2.24) is 9.47 Å². The number of hydrogen-bond acceptors (Lipinski definition) is 2. The average Bonchev–Trinajstić information content (AvgIpc) is 3.74. The Kier molecular flexibility index (Phi) is 7.65. The van der Waals surface area contributed by atoms with Gasteiger partial charge in [0.2, 0.25) is 0 Å². The van der Waals surface area contributed by atoms with Crippen LogP contribution < -0.4 is 0 Å². The molecule has 290 valence electrons. The summed E-state index contributed by atoms with van der Waals surface area (Å²) in [5, 5.41) is 2.61. The summed E-state index contributed by atoms with van der Waals surface area (Å²) in [5.41, 5.74) is 20.7. The molecule has 4 aliphatic rings. The highest BCUT2D eigenvalue weighted by atomic mass is 15.2. The largest absolute Gasteiger partial charge is 0.309 e. The Hall–Kier alpha value is -6.55. The first kappa shape index (κ1) is 35.4. The molecule has 0 amide bonds. The lowest BCUT2D eigenvalue weighted by Crippen LogP contribution is -2.50. The number of nitrogens with zero attached hydrogens (tertiary/aromatic N) is 3. The maximum Gasteiger partial charge on any atom is 0.0974 e. The molecule has 60 heavy (non-hydrogen) atoms. The molecule has 3 aliphatic carbocycles. The van der Waals surface area contributed by atoms with E-state index in [-0.39, 0.29) is 17.0 Å². The lowest BCUT2D eigenvalue weighted by Gasteiger charge is -2.49. The summed E-state index contributed by atoms with van der Waals surface area (Å²) in [6.07, 6.45) is 10.3. The molecule has 3 atom stereocenters. The predicted octanol–water partition coefficient (Wildman–Crippen LogP) is 13.8. The van der Waals surface area contributed by atoms with Crippen LogP contribution in [-0.4, -0.2) is 29.3 Å². The van der Waals surface area contributed by atoms with Gasteiger partial charge in [-0.3, -0.25) is 9.89 Å². The van der Waals surface area contributed by atoms with Crippen molar-refractivity contribution in [1.29, 1.82) is 0 Å². The number of benzene rings is 7. The number of para-hydroxylation sites is 2. The van der Waals surface area contributed by atoms with E-state index in [1.54, 1.807) is 0 Å². The quantitative estimate of drug-likeness (QED) is 0.174. The van der Waals surface area contributed by atoms with Crippen LogP contribution in [0.3, 0.4) is 0 Å². The van der Waals surface area contributed by atoms with Crippen molar-refractivity contribution in [3.63, 3.8) is 0 Å². The molecule has 0 bridgehead atoms. The van der Waals surface area contributed by atoms with Gasteiger partial charge in [0, 0.05) is 40.6 Å². The van der Waals surface area contributed by atoms with Crippen LogP contribution in [0.4, 0.5) is 0 Å². The van der Waals surface area contributed by atoms with E-state index in [9.17, 15) is 0 Å². The van der Waals surface area contributed by atoms with E-state index in [1.807, 2.05) is 0 Å². The Morgan fingerprint density at radius 1 is 0.583 bits per heavy atom. The Balaban J connectivity index is 0.844. The summed E-state index contributed by atoms with van der Waals surface area (Å²) in [7, 11) is 2.25. The van der Waals surface area contributed by atoms with Crippen LogP contribution >= 0.6 is 0 Å². The van der Waals surface area contributed by atoms with Crippen molar-refractivity contribution < 1.29 is 0 Å². The van der Waals surface area contributed by atoms with E-state index in [1.165, 1.54) is 99.8 Å². The van der Waals surface area contributed by atoms with Crippen molar-refractivity contribution in [2.45, 2.75) is 50.1 Å². The summed E-state index contributed by atoms with van der Waals surface area (Å²) in [6.45, 7) is 8.04. The third-order valence-electron chi connectivity index (χ3n) is 14.6. The summed E-state index contributed by atoms with van der Waals surface area (Å²) in [6, 6.07) is 57.0. The normalized spacial score (nSPS) is 21.0. The molecule has 12 rings (SSSR count). The van der Waals surface area contributed by atoms with Crippen molar-refractivity contribution >= 4 is 33.6 Å². The van der Waals surface area contributed by atoms with E-state index in [4.69, 9.17) is 4.99 Å². The van der Waals surface area contributed by atoms with Crippen LogP contribution in [0.5, 0.6) is 0 Å². The van der Waals surface area contributed by atoms with Gasteiger partial charge in [-0.1, -0.05) is 135 Å². The molecule has 0 spiro atoms. The van der Waals surface area contributed by atoms with Crippen LogP contribution in [0.25, 0.3) is 66.4 Å². The average molecular weight is 774 g/mol. The Morgan fingerprint density at radius 2 is 1.23 bits per heavy atom. The second-order valence-corrected chi connectivity index (χ2v) is 18.1. The minimum Gasteiger partial charge on any atom is -0.309 e. The van der Waals surface area contributed by atoms with Gasteiger partial charge in [-0.15, -0.1) is 0 Å². The molecule has 3 unspecified atom stereocenters. The smallest absolute Gasteiger partial charge is 0.0974 e. The van der Waals surface area contributed by atoms with E-state index < -0.39 is 0 Å². The maximum absolute atomic E-state index is 5.12. The summed E-state index contributed by atoms with van der Waals surface area (Å²) >= 11 is 0. The minimum absolute atomic E-state index is 0.0710. The predicted molar refractivity (Wildman–Crippen MR) is 251 cm³/mol. The Bertz CT molecular complexity index is 3170. The van der Waals surface area contributed by atoms with Crippen LogP contribution in [0.1, 0.15) is 72.5 Å². The second kappa shape index (κ2) is 13.0. The van der Waals surface area contributed by atoms with Crippen LogP contribution in [0.2, 0.25) is 0 Å². The molecule has 7 aromatic carbocycles. The van der Waals surface area contributed by atoms with Crippen molar-refractivity contribution in [3.8, 4) is 39.1 Å². The molecule has 0 fully saturated rings. The zero-order valence-electron chi connectivity index (χ0n) is 34.7. The van der Waals surface area contributed by atoms with Gasteiger partial charge in [0.25, 0.3) is 0 Å². The number of rotatable bonds is 4. The molecule has 8 aromatic rings. The van der Waals surface area contributed by atoms with Crippen molar-refractivity contribution in [2.75, 3.05) is 13.6 Å². The fourth-order valence-electron chi connectivity index (χ4n) is 11.2. The highest BCUT2D eigenvalue weighted by Crippen LogP contribution is 2.55. The fraction of sp³-hybridized carbons (Fsp3) is 0.175. The van der Waals surface area contributed by atoms with Gasteiger partial charge in [-0.05, 0) is 141 Å². The van der Waals surface area contributed by atoms with Gasteiger partial charge in [-0.2, -0.15) is 0 Å². The SMILES string of the molecule is CN1CC=NC2c3ccccc3-c3ccc(-c4ccc5c(c4)C(C)(C)c4cc(C6=CCC(c7ccc8c(c7)c7ccccc7n8-c7ccccc7)C=C6)ccc4-5)cc3C21C. The maximum atomic E-state index is 5.12. The molecule has 3 nitrogen and oxygen atoms in total. The molecular weight excluding hydrogens is 727 g/mol. The molecule has 2 heterocycles. The molecule has 0 radical (unpaired) electrons.